The van der Waals surface area contributed by atoms with Crippen LogP contribution in [0, 0.1) is 13.8 Å². The molecule has 0 atom stereocenters. The highest BCUT2D eigenvalue weighted by molar-refractivity contribution is 6.13. The van der Waals surface area contributed by atoms with Crippen LogP contribution in [0.2, 0.25) is 0 Å². The van der Waals surface area contributed by atoms with Crippen LogP contribution < -0.4 is 0 Å². The maximum Gasteiger partial charge on any atom is 0.160 e. The number of aromatic nitrogens is 4. The highest BCUT2D eigenvalue weighted by atomic mass is 15.0. The average molecular weight is 895 g/mol. The van der Waals surface area contributed by atoms with Crippen LogP contribution in [-0.2, 0) is 0 Å². The van der Waals surface area contributed by atoms with Gasteiger partial charge in [-0.05, 0) is 96.8 Å². The van der Waals surface area contributed by atoms with Crippen molar-refractivity contribution in [1.29, 1.82) is 0 Å². The number of benzene rings is 10. The third-order valence-electron chi connectivity index (χ3n) is 13.8. The molecule has 0 N–H and O–H groups in total. The summed E-state index contributed by atoms with van der Waals surface area (Å²) in [5, 5.41) is 4.84. The molecular formula is C66H46N4. The SMILES string of the molecule is Cc1cccc(-c2ccc3c(c2)c2ccccc2n3-c2ccccc2-c2cc(-c3cc(-c4ccccc4)nc(-c4ccccc4)n3)ccc2-n2c3ccccc3c3cc(-c4cccc(C)c4)ccc32)c1. The van der Waals surface area contributed by atoms with Gasteiger partial charge in [0.25, 0.3) is 0 Å². The molecule has 0 fully saturated rings. The molecule has 13 rings (SSSR count). The van der Waals surface area contributed by atoms with Gasteiger partial charge in [0, 0.05) is 49.4 Å². The van der Waals surface area contributed by atoms with Crippen molar-refractivity contribution >= 4 is 43.6 Å². The standard InChI is InChI=1S/C66H46N4/c1-43-17-15-23-47(37-43)49-31-34-63-55(39-49)52-25-9-12-28-60(52)69(63)61-29-13-11-27-54(61)57-41-51(59-42-58(45-19-5-3-6-20-45)67-66(68-59)46-21-7-4-8-22-46)33-36-65(57)70-62-30-14-10-26-53(62)56-40-50(32-35-64(56)70)48-24-16-18-44(2)38-48/h3-42H,1-2H3. The first-order chi connectivity index (χ1) is 34.5. The second-order valence-corrected chi connectivity index (χ2v) is 18.4. The quantitative estimate of drug-likeness (QED) is 0.152. The van der Waals surface area contributed by atoms with E-state index in [-0.39, 0.29) is 0 Å². The molecule has 10 aromatic carbocycles. The molecule has 0 bridgehead atoms. The Morgan fingerprint density at radius 1 is 0.271 bits per heavy atom. The topological polar surface area (TPSA) is 35.6 Å². The van der Waals surface area contributed by atoms with E-state index in [4.69, 9.17) is 9.97 Å². The molecule has 4 heteroatoms. The number of rotatable bonds is 8. The predicted octanol–water partition coefficient (Wildman–Crippen LogP) is 17.3. The van der Waals surface area contributed by atoms with E-state index >= 15 is 0 Å². The van der Waals surface area contributed by atoms with E-state index in [1.807, 2.05) is 24.3 Å². The summed E-state index contributed by atoms with van der Waals surface area (Å²) in [6.45, 7) is 4.32. The molecule has 0 saturated carbocycles. The number of fused-ring (bicyclic) bond motifs is 6. The van der Waals surface area contributed by atoms with Crippen molar-refractivity contribution in [2.45, 2.75) is 13.8 Å². The Morgan fingerprint density at radius 3 is 1.30 bits per heavy atom. The summed E-state index contributed by atoms with van der Waals surface area (Å²) in [6, 6.07) is 87.7. The molecule has 4 nitrogen and oxygen atoms in total. The molecule has 0 aliphatic carbocycles. The van der Waals surface area contributed by atoms with Gasteiger partial charge in [0.2, 0.25) is 0 Å². The van der Waals surface area contributed by atoms with Crippen LogP contribution >= 0.6 is 0 Å². The average Bonchev–Trinajstić information content (AvgIpc) is 3.93. The number of nitrogens with zero attached hydrogens (tertiary/aromatic N) is 4. The van der Waals surface area contributed by atoms with E-state index in [0.29, 0.717) is 5.82 Å². The summed E-state index contributed by atoms with van der Waals surface area (Å²) in [6.07, 6.45) is 0. The zero-order valence-electron chi connectivity index (χ0n) is 38.9. The van der Waals surface area contributed by atoms with Gasteiger partial charge >= 0.3 is 0 Å². The van der Waals surface area contributed by atoms with Crippen LogP contribution in [0.5, 0.6) is 0 Å². The Morgan fingerprint density at radius 2 is 0.714 bits per heavy atom. The molecule has 0 saturated heterocycles. The second-order valence-electron chi connectivity index (χ2n) is 18.4. The highest BCUT2D eigenvalue weighted by Crippen LogP contribution is 2.44. The van der Waals surface area contributed by atoms with Gasteiger partial charge in [0.05, 0.1) is 44.8 Å². The fourth-order valence-corrected chi connectivity index (χ4v) is 10.5. The molecule has 70 heavy (non-hydrogen) atoms. The van der Waals surface area contributed by atoms with E-state index in [9.17, 15) is 0 Å². The van der Waals surface area contributed by atoms with Crippen LogP contribution in [0.25, 0.3) is 122 Å². The summed E-state index contributed by atoms with van der Waals surface area (Å²) in [7, 11) is 0. The second kappa shape index (κ2) is 16.9. The third kappa shape index (κ3) is 7.08. The van der Waals surface area contributed by atoms with Crippen molar-refractivity contribution in [3.05, 3.63) is 254 Å². The zero-order chi connectivity index (χ0) is 46.7. The summed E-state index contributed by atoms with van der Waals surface area (Å²) in [5.41, 5.74) is 21.0. The molecule has 3 heterocycles. The van der Waals surface area contributed by atoms with Crippen molar-refractivity contribution in [3.63, 3.8) is 0 Å². The predicted molar refractivity (Wildman–Crippen MR) is 293 cm³/mol. The molecule has 0 unspecified atom stereocenters. The number of para-hydroxylation sites is 3. The number of hydrogen-bond donors (Lipinski definition) is 0. The molecular weight excluding hydrogens is 849 g/mol. The first-order valence-electron chi connectivity index (χ1n) is 24.0. The van der Waals surface area contributed by atoms with E-state index in [1.165, 1.54) is 54.9 Å². The van der Waals surface area contributed by atoms with Gasteiger partial charge in [-0.1, -0.05) is 193 Å². The lowest BCUT2D eigenvalue weighted by Gasteiger charge is -2.20. The summed E-state index contributed by atoms with van der Waals surface area (Å²) < 4.78 is 4.92. The molecule has 0 amide bonds. The van der Waals surface area contributed by atoms with Gasteiger partial charge in [-0.3, -0.25) is 0 Å². The normalized spacial score (nSPS) is 11.6. The van der Waals surface area contributed by atoms with Crippen LogP contribution in [0.3, 0.4) is 0 Å². The van der Waals surface area contributed by atoms with E-state index in [2.05, 4.69) is 241 Å². The van der Waals surface area contributed by atoms with Gasteiger partial charge in [-0.25, -0.2) is 9.97 Å². The Labute approximate surface area is 407 Å². The molecule has 0 radical (unpaired) electrons. The Hall–Kier alpha value is -9.12. The van der Waals surface area contributed by atoms with Gasteiger partial charge in [0.15, 0.2) is 5.82 Å². The largest absolute Gasteiger partial charge is 0.309 e. The maximum atomic E-state index is 5.34. The molecule has 13 aromatic rings. The number of aryl methyl sites for hydroxylation is 2. The zero-order valence-corrected chi connectivity index (χ0v) is 38.9. The highest BCUT2D eigenvalue weighted by Gasteiger charge is 2.22. The van der Waals surface area contributed by atoms with Crippen molar-refractivity contribution in [2.75, 3.05) is 0 Å². The number of hydrogen-bond acceptors (Lipinski definition) is 2. The minimum Gasteiger partial charge on any atom is -0.309 e. The van der Waals surface area contributed by atoms with Gasteiger partial charge in [0.1, 0.15) is 0 Å². The maximum absolute atomic E-state index is 5.34. The first kappa shape index (κ1) is 41.1. The monoisotopic (exact) mass is 894 g/mol. The molecule has 330 valence electrons. The fraction of sp³-hybridized carbons (Fsp3) is 0.0303. The minimum atomic E-state index is 0.685. The Bertz CT molecular complexity index is 4080. The minimum absolute atomic E-state index is 0.685. The first-order valence-corrected chi connectivity index (χ1v) is 24.0. The lowest BCUT2D eigenvalue weighted by molar-refractivity contribution is 1.16. The molecule has 0 aliphatic heterocycles. The summed E-state index contributed by atoms with van der Waals surface area (Å²) in [5.74, 6) is 0.685. The Balaban J connectivity index is 1.09. The fourth-order valence-electron chi connectivity index (χ4n) is 10.5. The lowest BCUT2D eigenvalue weighted by atomic mass is 9.96. The van der Waals surface area contributed by atoms with Gasteiger partial charge in [-0.2, -0.15) is 0 Å². The smallest absolute Gasteiger partial charge is 0.160 e. The van der Waals surface area contributed by atoms with Crippen LogP contribution in [-0.4, -0.2) is 19.1 Å². The molecule has 3 aromatic heterocycles. The summed E-state index contributed by atoms with van der Waals surface area (Å²) in [4.78, 5) is 10.5. The molecule has 0 spiro atoms. The summed E-state index contributed by atoms with van der Waals surface area (Å²) >= 11 is 0. The van der Waals surface area contributed by atoms with Crippen molar-refractivity contribution in [1.82, 2.24) is 19.1 Å². The Kier molecular flexibility index (Phi) is 9.91. The van der Waals surface area contributed by atoms with Crippen LogP contribution in [0.15, 0.2) is 243 Å². The van der Waals surface area contributed by atoms with Crippen molar-refractivity contribution in [3.8, 4) is 78.7 Å². The van der Waals surface area contributed by atoms with Gasteiger partial charge < -0.3 is 9.13 Å². The van der Waals surface area contributed by atoms with Crippen molar-refractivity contribution < 1.29 is 0 Å². The third-order valence-corrected chi connectivity index (χ3v) is 13.8. The van der Waals surface area contributed by atoms with Gasteiger partial charge in [-0.15, -0.1) is 0 Å². The van der Waals surface area contributed by atoms with Crippen LogP contribution in [0.1, 0.15) is 11.1 Å². The lowest BCUT2D eigenvalue weighted by Crippen LogP contribution is -2.02. The molecule has 0 aliphatic rings. The van der Waals surface area contributed by atoms with E-state index in [1.54, 1.807) is 0 Å². The van der Waals surface area contributed by atoms with Crippen molar-refractivity contribution in [2.24, 2.45) is 0 Å². The van der Waals surface area contributed by atoms with Crippen LogP contribution in [0.4, 0.5) is 0 Å². The van der Waals surface area contributed by atoms with E-state index < -0.39 is 0 Å². The van der Waals surface area contributed by atoms with E-state index in [0.717, 1.165) is 72.6 Å².